The van der Waals surface area contributed by atoms with Gasteiger partial charge in [0, 0.05) is 19.2 Å². The minimum atomic E-state index is -0.892. The van der Waals surface area contributed by atoms with Crippen LogP contribution in [0.3, 0.4) is 0 Å². The minimum Gasteiger partial charge on any atom is -0.483 e. The third-order valence-electron chi connectivity index (χ3n) is 3.08. The number of aromatic nitrogens is 1. The average molecular weight is 305 g/mol. The number of rotatable bonds is 7. The predicted octanol–water partition coefficient (Wildman–Crippen LogP) is 2.43. The molecule has 0 fully saturated rings. The van der Waals surface area contributed by atoms with E-state index >= 15 is 0 Å². The summed E-state index contributed by atoms with van der Waals surface area (Å²) in [5, 5.41) is 8.61. The summed E-state index contributed by atoms with van der Waals surface area (Å²) >= 11 is 0. The van der Waals surface area contributed by atoms with Crippen molar-refractivity contribution in [2.75, 3.05) is 0 Å². The van der Waals surface area contributed by atoms with Gasteiger partial charge in [-0.3, -0.25) is 9.59 Å². The Morgan fingerprint density at radius 3 is 2.64 bits per heavy atom. The monoisotopic (exact) mass is 305 g/mol. The topological polar surface area (TPSA) is 68.5 Å². The lowest BCUT2D eigenvalue weighted by atomic mass is 10.2. The number of carbonyl (C=O) groups is 1. The van der Waals surface area contributed by atoms with Crippen LogP contribution in [0.4, 0.5) is 4.39 Å². The zero-order chi connectivity index (χ0) is 15.9. The number of nitrogens with zero attached hydrogens (tertiary/aromatic N) is 1. The van der Waals surface area contributed by atoms with Crippen LogP contribution in [-0.2, 0) is 17.9 Å². The number of carboxylic acids is 1. The van der Waals surface area contributed by atoms with Crippen molar-refractivity contribution in [3.8, 4) is 5.75 Å². The zero-order valence-corrected chi connectivity index (χ0v) is 11.9. The molecule has 2 rings (SSSR count). The molecule has 0 atom stereocenters. The highest BCUT2D eigenvalue weighted by Crippen LogP contribution is 2.08. The van der Waals surface area contributed by atoms with E-state index in [1.807, 2.05) is 0 Å². The highest BCUT2D eigenvalue weighted by atomic mass is 19.1. The molecule has 116 valence electrons. The van der Waals surface area contributed by atoms with Crippen molar-refractivity contribution in [1.82, 2.24) is 4.57 Å². The normalized spacial score (nSPS) is 10.4. The Bertz CT molecular complexity index is 694. The van der Waals surface area contributed by atoms with Gasteiger partial charge in [-0.2, -0.15) is 0 Å². The number of pyridine rings is 1. The maximum Gasteiger partial charge on any atom is 0.303 e. The molecule has 22 heavy (non-hydrogen) atoms. The Morgan fingerprint density at radius 2 is 1.95 bits per heavy atom. The van der Waals surface area contributed by atoms with E-state index < -0.39 is 5.97 Å². The molecule has 0 spiro atoms. The number of aliphatic carboxylic acids is 1. The van der Waals surface area contributed by atoms with Gasteiger partial charge >= 0.3 is 5.97 Å². The number of ether oxygens (including phenoxy) is 1. The molecule has 0 unspecified atom stereocenters. The third-order valence-corrected chi connectivity index (χ3v) is 3.08. The summed E-state index contributed by atoms with van der Waals surface area (Å²) in [6, 6.07) is 9.05. The molecule has 1 aromatic heterocycles. The summed E-state index contributed by atoms with van der Waals surface area (Å²) in [5.41, 5.74) is 0.442. The first-order chi connectivity index (χ1) is 10.6. The van der Waals surface area contributed by atoms with Gasteiger partial charge in [0.2, 0.25) is 0 Å². The summed E-state index contributed by atoms with van der Waals surface area (Å²) in [5.74, 6) is -1.04. The van der Waals surface area contributed by atoms with Crippen LogP contribution >= 0.6 is 0 Å². The van der Waals surface area contributed by atoms with Crippen molar-refractivity contribution >= 4 is 5.97 Å². The Hall–Kier alpha value is -2.63. The van der Waals surface area contributed by atoms with E-state index in [-0.39, 0.29) is 30.2 Å². The first kappa shape index (κ1) is 15.8. The first-order valence-corrected chi connectivity index (χ1v) is 6.85. The van der Waals surface area contributed by atoms with E-state index in [4.69, 9.17) is 9.84 Å². The van der Waals surface area contributed by atoms with Crippen LogP contribution in [0.15, 0.2) is 47.4 Å². The number of hydrogen-bond acceptors (Lipinski definition) is 3. The Morgan fingerprint density at radius 1 is 1.23 bits per heavy atom. The van der Waals surface area contributed by atoms with Crippen LogP contribution in [0.1, 0.15) is 18.4 Å². The average Bonchev–Trinajstić information content (AvgIpc) is 2.49. The van der Waals surface area contributed by atoms with Gasteiger partial charge in [0.25, 0.3) is 5.56 Å². The molecule has 5 nitrogen and oxygen atoms in total. The lowest BCUT2D eigenvalue weighted by Gasteiger charge is -2.09. The number of hydrogen-bond donors (Lipinski definition) is 1. The smallest absolute Gasteiger partial charge is 0.303 e. The first-order valence-electron chi connectivity index (χ1n) is 6.85. The van der Waals surface area contributed by atoms with Gasteiger partial charge in [0.05, 0.1) is 0 Å². The molecule has 0 amide bonds. The molecule has 1 N–H and O–H groups in total. The number of halogens is 1. The number of carboxylic acid groups (broad SMARTS) is 1. The Kier molecular flexibility index (Phi) is 5.30. The predicted molar refractivity (Wildman–Crippen MR) is 78.3 cm³/mol. The van der Waals surface area contributed by atoms with E-state index in [0.29, 0.717) is 13.0 Å². The number of aryl methyl sites for hydroxylation is 1. The second-order valence-electron chi connectivity index (χ2n) is 4.78. The van der Waals surface area contributed by atoms with E-state index in [1.165, 1.54) is 16.7 Å². The fourth-order valence-electron chi connectivity index (χ4n) is 1.94. The van der Waals surface area contributed by atoms with E-state index in [1.54, 1.807) is 30.5 Å². The van der Waals surface area contributed by atoms with Gasteiger partial charge in [0.1, 0.15) is 12.4 Å². The lowest BCUT2D eigenvalue weighted by Crippen LogP contribution is -2.21. The fraction of sp³-hybridized carbons (Fsp3) is 0.250. The quantitative estimate of drug-likeness (QED) is 0.853. The largest absolute Gasteiger partial charge is 0.483 e. The van der Waals surface area contributed by atoms with Crippen LogP contribution in [0, 0.1) is 5.82 Å². The molecule has 0 aliphatic heterocycles. The van der Waals surface area contributed by atoms with E-state index in [0.717, 1.165) is 5.56 Å². The lowest BCUT2D eigenvalue weighted by molar-refractivity contribution is -0.137. The van der Waals surface area contributed by atoms with Gasteiger partial charge in [-0.1, -0.05) is 12.1 Å². The van der Waals surface area contributed by atoms with Crippen molar-refractivity contribution in [2.24, 2.45) is 0 Å². The highest BCUT2D eigenvalue weighted by Gasteiger charge is 2.06. The van der Waals surface area contributed by atoms with Gasteiger partial charge < -0.3 is 14.4 Å². The maximum absolute atomic E-state index is 12.8. The van der Waals surface area contributed by atoms with Crippen molar-refractivity contribution < 1.29 is 19.0 Å². The third kappa shape index (κ3) is 4.44. The molecule has 0 aliphatic carbocycles. The highest BCUT2D eigenvalue weighted by molar-refractivity contribution is 5.66. The van der Waals surface area contributed by atoms with Gasteiger partial charge in [-0.15, -0.1) is 0 Å². The van der Waals surface area contributed by atoms with Gasteiger partial charge in [-0.05, 0) is 36.2 Å². The molecule has 0 bridgehead atoms. The summed E-state index contributed by atoms with van der Waals surface area (Å²) in [4.78, 5) is 22.6. The second kappa shape index (κ2) is 7.40. The van der Waals surface area contributed by atoms with Crippen molar-refractivity contribution in [3.05, 3.63) is 64.3 Å². The SMILES string of the molecule is O=C(O)CCCn1cccc(OCc2ccc(F)cc2)c1=O. The van der Waals surface area contributed by atoms with E-state index in [9.17, 15) is 14.0 Å². The standard InChI is InChI=1S/C16H16FNO4/c17-13-7-5-12(6-8-13)11-22-14-3-1-9-18(16(14)21)10-2-4-15(19)20/h1,3,5-9H,2,4,10-11H2,(H,19,20). The van der Waals surface area contributed by atoms with Crippen LogP contribution in [0.5, 0.6) is 5.75 Å². The van der Waals surface area contributed by atoms with Crippen LogP contribution < -0.4 is 10.3 Å². The molecular formula is C16H16FNO4. The zero-order valence-electron chi connectivity index (χ0n) is 11.9. The van der Waals surface area contributed by atoms with Crippen molar-refractivity contribution in [2.45, 2.75) is 26.0 Å². The minimum absolute atomic E-state index is 0.00705. The molecule has 1 heterocycles. The van der Waals surface area contributed by atoms with E-state index in [2.05, 4.69) is 0 Å². The molecule has 0 aliphatic rings. The molecular weight excluding hydrogens is 289 g/mol. The van der Waals surface area contributed by atoms with Crippen LogP contribution in [-0.4, -0.2) is 15.6 Å². The summed E-state index contributed by atoms with van der Waals surface area (Å²) in [7, 11) is 0. The summed E-state index contributed by atoms with van der Waals surface area (Å²) < 4.78 is 19.7. The molecule has 0 saturated heterocycles. The molecule has 6 heteroatoms. The van der Waals surface area contributed by atoms with Crippen LogP contribution in [0.2, 0.25) is 0 Å². The Balaban J connectivity index is 2.00. The summed E-state index contributed by atoms with van der Waals surface area (Å²) in [6.45, 7) is 0.480. The van der Waals surface area contributed by atoms with Gasteiger partial charge in [0.15, 0.2) is 5.75 Å². The van der Waals surface area contributed by atoms with Crippen molar-refractivity contribution in [3.63, 3.8) is 0 Å². The second-order valence-corrected chi connectivity index (χ2v) is 4.78. The van der Waals surface area contributed by atoms with Crippen molar-refractivity contribution in [1.29, 1.82) is 0 Å². The van der Waals surface area contributed by atoms with Crippen LogP contribution in [0.25, 0.3) is 0 Å². The molecule has 1 aromatic carbocycles. The Labute approximate surface area is 126 Å². The molecule has 0 saturated carbocycles. The fourth-order valence-corrected chi connectivity index (χ4v) is 1.94. The molecule has 0 radical (unpaired) electrons. The van der Waals surface area contributed by atoms with Gasteiger partial charge in [-0.25, -0.2) is 4.39 Å². The molecule has 2 aromatic rings. The number of benzene rings is 1. The maximum atomic E-state index is 12.8. The summed E-state index contributed by atoms with van der Waals surface area (Å²) in [6.07, 6.45) is 1.97.